The molecule has 2 N–H and O–H groups in total. The quantitative estimate of drug-likeness (QED) is 0.524. The van der Waals surface area contributed by atoms with E-state index in [2.05, 4.69) is 35.2 Å². The number of aromatic nitrogens is 2. The number of aryl methyl sites for hydroxylation is 1. The molecule has 2 heterocycles. The number of thiophene rings is 1. The largest absolute Gasteiger partial charge is 0.337 e. The highest BCUT2D eigenvalue weighted by molar-refractivity contribution is 7.99. The van der Waals surface area contributed by atoms with Gasteiger partial charge in [-0.25, -0.2) is 4.98 Å². The number of carbonyl (C=O) groups excluding carboxylic acids is 1. The molecule has 1 atom stereocenters. The zero-order valence-electron chi connectivity index (χ0n) is 16.6. The molecule has 8 heteroatoms. The van der Waals surface area contributed by atoms with Gasteiger partial charge in [0.1, 0.15) is 10.4 Å². The third kappa shape index (κ3) is 4.41. The molecule has 0 saturated heterocycles. The molecular formula is C20H26N4O2S2. The van der Waals surface area contributed by atoms with Crippen molar-refractivity contribution in [3.05, 3.63) is 20.8 Å². The van der Waals surface area contributed by atoms with Crippen LogP contribution in [0.3, 0.4) is 0 Å². The first-order valence-corrected chi connectivity index (χ1v) is 11.5. The summed E-state index contributed by atoms with van der Waals surface area (Å²) in [5.41, 5.74) is 0.229. The predicted octanol–water partition coefficient (Wildman–Crippen LogP) is 3.93. The Labute approximate surface area is 173 Å². The fourth-order valence-electron chi connectivity index (χ4n) is 3.64. The first-order valence-electron chi connectivity index (χ1n) is 9.75. The summed E-state index contributed by atoms with van der Waals surface area (Å²) in [5, 5.41) is 13.4. The second-order valence-corrected chi connectivity index (χ2v) is 9.81. The highest BCUT2D eigenvalue weighted by Crippen LogP contribution is 2.31. The van der Waals surface area contributed by atoms with E-state index in [1.54, 1.807) is 0 Å². The van der Waals surface area contributed by atoms with Crippen molar-refractivity contribution in [2.24, 2.45) is 5.92 Å². The highest BCUT2D eigenvalue weighted by Gasteiger charge is 2.35. The number of nitrogens with zero attached hydrogens (tertiary/aromatic N) is 2. The summed E-state index contributed by atoms with van der Waals surface area (Å²) in [7, 11) is 0. The Bertz CT molecular complexity index is 967. The van der Waals surface area contributed by atoms with Gasteiger partial charge in [0, 0.05) is 4.88 Å². The zero-order chi connectivity index (χ0) is 20.3. The minimum atomic E-state index is -0.724. The Balaban J connectivity index is 1.73. The van der Waals surface area contributed by atoms with Crippen molar-refractivity contribution in [1.29, 1.82) is 5.26 Å². The molecular weight excluding hydrogens is 392 g/mol. The smallest absolute Gasteiger partial charge is 0.260 e. The van der Waals surface area contributed by atoms with Gasteiger partial charge in [-0.05, 0) is 50.5 Å². The van der Waals surface area contributed by atoms with Crippen LogP contribution in [0, 0.1) is 24.2 Å². The van der Waals surface area contributed by atoms with Crippen LogP contribution in [-0.4, -0.2) is 27.2 Å². The Hall–Kier alpha value is -1.85. The van der Waals surface area contributed by atoms with E-state index in [9.17, 15) is 14.9 Å². The van der Waals surface area contributed by atoms with Crippen molar-refractivity contribution in [1.82, 2.24) is 15.3 Å². The summed E-state index contributed by atoms with van der Waals surface area (Å²) in [6.45, 7) is 6.37. The standard InChI is InChI=1S/C20H26N4O2S2/c1-4-12(2)9-14-13(3)28-18-16(14)17(26)22-19(23-18)27-10-15(25)24-20(11-21)7-5-6-8-20/h12H,4-10H2,1-3H3,(H,24,25)(H,22,23,26)/t12-/m0/s1. The molecule has 1 amide bonds. The monoisotopic (exact) mass is 418 g/mol. The van der Waals surface area contributed by atoms with Crippen LogP contribution < -0.4 is 10.9 Å². The number of H-pyrrole nitrogens is 1. The van der Waals surface area contributed by atoms with Gasteiger partial charge in [-0.3, -0.25) is 9.59 Å². The average Bonchev–Trinajstić information content (AvgIpc) is 3.25. The van der Waals surface area contributed by atoms with Gasteiger partial charge >= 0.3 is 0 Å². The molecule has 0 aromatic carbocycles. The van der Waals surface area contributed by atoms with Crippen LogP contribution in [-0.2, 0) is 11.2 Å². The maximum atomic E-state index is 12.7. The average molecular weight is 419 g/mol. The second kappa shape index (κ2) is 8.66. The van der Waals surface area contributed by atoms with Gasteiger partial charge in [0.25, 0.3) is 5.56 Å². The van der Waals surface area contributed by atoms with E-state index >= 15 is 0 Å². The number of nitrogens with one attached hydrogen (secondary N) is 2. The first kappa shape index (κ1) is 20.9. The van der Waals surface area contributed by atoms with Crippen molar-refractivity contribution >= 4 is 39.2 Å². The van der Waals surface area contributed by atoms with Gasteiger partial charge in [-0.1, -0.05) is 32.0 Å². The molecule has 2 aromatic rings. The maximum absolute atomic E-state index is 12.7. The number of nitriles is 1. The van der Waals surface area contributed by atoms with Crippen molar-refractivity contribution < 1.29 is 4.79 Å². The molecule has 1 saturated carbocycles. The first-order chi connectivity index (χ1) is 13.4. The number of amides is 1. The Morgan fingerprint density at radius 1 is 1.46 bits per heavy atom. The molecule has 0 radical (unpaired) electrons. The van der Waals surface area contributed by atoms with Crippen molar-refractivity contribution in [2.45, 2.75) is 70.0 Å². The molecule has 0 bridgehead atoms. The van der Waals surface area contributed by atoms with Gasteiger partial charge < -0.3 is 10.3 Å². The van der Waals surface area contributed by atoms with E-state index in [1.807, 2.05) is 6.92 Å². The highest BCUT2D eigenvalue weighted by atomic mass is 32.2. The third-order valence-electron chi connectivity index (χ3n) is 5.48. The van der Waals surface area contributed by atoms with Crippen molar-refractivity contribution in [2.75, 3.05) is 5.75 Å². The summed E-state index contributed by atoms with van der Waals surface area (Å²) >= 11 is 2.74. The minimum Gasteiger partial charge on any atom is -0.337 e. The molecule has 28 heavy (non-hydrogen) atoms. The van der Waals surface area contributed by atoms with Crippen LogP contribution in [0.5, 0.6) is 0 Å². The number of aromatic amines is 1. The lowest BCUT2D eigenvalue weighted by atomic mass is 9.98. The molecule has 0 aliphatic heterocycles. The summed E-state index contributed by atoms with van der Waals surface area (Å²) in [4.78, 5) is 34.2. The van der Waals surface area contributed by atoms with E-state index in [-0.39, 0.29) is 17.2 Å². The number of hydrogen-bond donors (Lipinski definition) is 2. The molecule has 0 spiro atoms. The van der Waals surface area contributed by atoms with E-state index in [0.29, 0.717) is 29.3 Å². The van der Waals surface area contributed by atoms with Crippen molar-refractivity contribution in [3.63, 3.8) is 0 Å². The number of fused-ring (bicyclic) bond motifs is 1. The lowest BCUT2D eigenvalue weighted by Gasteiger charge is -2.21. The Morgan fingerprint density at radius 2 is 2.18 bits per heavy atom. The number of thioether (sulfide) groups is 1. The third-order valence-corrected chi connectivity index (χ3v) is 7.39. The van der Waals surface area contributed by atoms with Gasteiger partial charge in [0.15, 0.2) is 5.16 Å². The van der Waals surface area contributed by atoms with E-state index in [0.717, 1.165) is 41.0 Å². The minimum absolute atomic E-state index is 0.127. The van der Waals surface area contributed by atoms with Gasteiger partial charge in [0.05, 0.1) is 17.2 Å². The lowest BCUT2D eigenvalue weighted by molar-refractivity contribution is -0.119. The molecule has 6 nitrogen and oxygen atoms in total. The topological polar surface area (TPSA) is 98.6 Å². The van der Waals surface area contributed by atoms with Crippen molar-refractivity contribution in [3.8, 4) is 6.07 Å². The molecule has 150 valence electrons. The predicted molar refractivity (Wildman–Crippen MR) is 114 cm³/mol. The summed E-state index contributed by atoms with van der Waals surface area (Å²) in [6, 6.07) is 2.26. The number of carbonyl (C=O) groups is 1. The van der Waals surface area contributed by atoms with Crippen LogP contribution >= 0.6 is 23.1 Å². The molecule has 1 aliphatic rings. The normalized spacial score (nSPS) is 16.8. The van der Waals surface area contributed by atoms with Crippen LogP contribution in [0.1, 0.15) is 56.4 Å². The van der Waals surface area contributed by atoms with E-state index < -0.39 is 5.54 Å². The van der Waals surface area contributed by atoms with E-state index in [4.69, 9.17) is 0 Å². The zero-order valence-corrected chi connectivity index (χ0v) is 18.2. The molecule has 1 aliphatic carbocycles. The molecule has 3 rings (SSSR count). The number of hydrogen-bond acceptors (Lipinski definition) is 6. The SMILES string of the molecule is CC[C@H](C)Cc1c(C)sc2nc(SCC(=O)NC3(C#N)CCCC3)[nH]c(=O)c12. The fraction of sp³-hybridized carbons (Fsp3) is 0.600. The van der Waals surface area contributed by atoms with Crippen LogP contribution in [0.25, 0.3) is 10.2 Å². The van der Waals surface area contributed by atoms with Crippen LogP contribution in [0.15, 0.2) is 9.95 Å². The van der Waals surface area contributed by atoms with Gasteiger partial charge in [0.2, 0.25) is 5.91 Å². The number of rotatable bonds is 7. The fourth-order valence-corrected chi connectivity index (χ4v) is 5.41. The Morgan fingerprint density at radius 3 is 2.82 bits per heavy atom. The lowest BCUT2D eigenvalue weighted by Crippen LogP contribution is -2.45. The molecule has 2 aromatic heterocycles. The van der Waals surface area contributed by atoms with Gasteiger partial charge in [-0.2, -0.15) is 5.26 Å². The van der Waals surface area contributed by atoms with Gasteiger partial charge in [-0.15, -0.1) is 11.3 Å². The summed E-state index contributed by atoms with van der Waals surface area (Å²) in [6.07, 6.45) is 5.27. The van der Waals surface area contributed by atoms with Crippen LogP contribution in [0.2, 0.25) is 0 Å². The maximum Gasteiger partial charge on any atom is 0.260 e. The van der Waals surface area contributed by atoms with Crippen LogP contribution in [0.4, 0.5) is 0 Å². The van der Waals surface area contributed by atoms with E-state index in [1.165, 1.54) is 23.1 Å². The molecule has 1 fully saturated rings. The molecule has 0 unspecified atom stereocenters. The Kier molecular flexibility index (Phi) is 6.46. The summed E-state index contributed by atoms with van der Waals surface area (Å²) < 4.78 is 0. The summed E-state index contributed by atoms with van der Waals surface area (Å²) in [5.74, 6) is 0.440. The second-order valence-electron chi connectivity index (χ2n) is 7.64.